The Balaban J connectivity index is 2.28. The van der Waals surface area contributed by atoms with E-state index < -0.39 is 0 Å². The number of carbonyl (C=O) groups is 2. The van der Waals surface area contributed by atoms with Gasteiger partial charge >= 0.3 is 0 Å². The molecule has 1 N–H and O–H groups in total. The van der Waals surface area contributed by atoms with Crippen LogP contribution in [0.2, 0.25) is 0 Å². The van der Waals surface area contributed by atoms with Crippen LogP contribution in [0.15, 0.2) is 0 Å². The Morgan fingerprint density at radius 1 is 1.43 bits per heavy atom. The van der Waals surface area contributed by atoms with E-state index in [9.17, 15) is 9.59 Å². The van der Waals surface area contributed by atoms with Gasteiger partial charge in [0.15, 0.2) is 0 Å². The lowest BCUT2D eigenvalue weighted by molar-refractivity contribution is -0.127. The van der Waals surface area contributed by atoms with Gasteiger partial charge < -0.3 is 10.2 Å². The van der Waals surface area contributed by atoms with Crippen molar-refractivity contribution < 1.29 is 9.59 Å². The average molecular weight is 313 g/mol. The molecular weight excluding hydrogens is 292 g/mol. The van der Waals surface area contributed by atoms with E-state index in [-0.39, 0.29) is 29.7 Å². The van der Waals surface area contributed by atoms with Crippen molar-refractivity contribution in [3.05, 3.63) is 17.0 Å². The zero-order chi connectivity index (χ0) is 15.7. The maximum Gasteiger partial charge on any atom is 0.234 e. The standard InChI is InChI=1S/C14H21ClN4O2/c1-8-13(9(2)19(4)17-8)14-10(5-12(21)18(14)3)7-16-11(20)6-15/h10,14H,5-7H2,1-4H3,(H,16,20)/t10-,14+/m1/s1. The smallest absolute Gasteiger partial charge is 0.234 e. The summed E-state index contributed by atoms with van der Waals surface area (Å²) in [4.78, 5) is 25.2. The van der Waals surface area contributed by atoms with Crippen LogP contribution in [0.25, 0.3) is 0 Å². The third kappa shape index (κ3) is 2.90. The Labute approximate surface area is 129 Å². The van der Waals surface area contributed by atoms with Gasteiger partial charge in [-0.2, -0.15) is 5.10 Å². The molecule has 0 aromatic carbocycles. The Morgan fingerprint density at radius 3 is 2.62 bits per heavy atom. The molecule has 2 atom stereocenters. The first-order valence-corrected chi connectivity index (χ1v) is 7.48. The highest BCUT2D eigenvalue weighted by Gasteiger charge is 2.40. The number of alkyl halides is 1. The highest BCUT2D eigenvalue weighted by Crippen LogP contribution is 2.39. The van der Waals surface area contributed by atoms with Crippen LogP contribution in [-0.2, 0) is 16.6 Å². The minimum absolute atomic E-state index is 0.0382. The molecule has 116 valence electrons. The molecule has 0 saturated carbocycles. The fraction of sp³-hybridized carbons (Fsp3) is 0.643. The molecule has 1 aromatic heterocycles. The molecule has 21 heavy (non-hydrogen) atoms. The summed E-state index contributed by atoms with van der Waals surface area (Å²) in [6, 6.07) is -0.0539. The van der Waals surface area contributed by atoms with E-state index in [1.165, 1.54) is 0 Å². The molecule has 0 unspecified atom stereocenters. The second kappa shape index (κ2) is 6.05. The largest absolute Gasteiger partial charge is 0.355 e. The Kier molecular flexibility index (Phi) is 4.56. The number of aryl methyl sites for hydroxylation is 2. The highest BCUT2D eigenvalue weighted by molar-refractivity contribution is 6.27. The van der Waals surface area contributed by atoms with Crippen LogP contribution in [0, 0.1) is 19.8 Å². The highest BCUT2D eigenvalue weighted by atomic mass is 35.5. The summed E-state index contributed by atoms with van der Waals surface area (Å²) in [7, 11) is 3.70. The van der Waals surface area contributed by atoms with Crippen LogP contribution in [0.3, 0.4) is 0 Å². The second-order valence-electron chi connectivity index (χ2n) is 5.56. The number of hydrogen-bond acceptors (Lipinski definition) is 3. The van der Waals surface area contributed by atoms with Crippen molar-refractivity contribution in [2.45, 2.75) is 26.3 Å². The number of amides is 2. The van der Waals surface area contributed by atoms with Gasteiger partial charge in [0.2, 0.25) is 11.8 Å². The minimum Gasteiger partial charge on any atom is -0.355 e. The normalized spacial score (nSPS) is 22.0. The van der Waals surface area contributed by atoms with Crippen LogP contribution in [0.4, 0.5) is 0 Å². The molecule has 0 spiro atoms. The first-order valence-electron chi connectivity index (χ1n) is 6.95. The number of carbonyl (C=O) groups excluding carboxylic acids is 2. The molecular formula is C14H21ClN4O2. The van der Waals surface area contributed by atoms with Gasteiger partial charge in [-0.25, -0.2) is 0 Å². The molecule has 1 fully saturated rings. The molecule has 1 aromatic rings. The lowest BCUT2D eigenvalue weighted by Gasteiger charge is -2.26. The van der Waals surface area contributed by atoms with Gasteiger partial charge in [-0.15, -0.1) is 11.6 Å². The lowest BCUT2D eigenvalue weighted by Crippen LogP contribution is -2.33. The Morgan fingerprint density at radius 2 is 2.10 bits per heavy atom. The Bertz CT molecular complexity index is 570. The summed E-state index contributed by atoms with van der Waals surface area (Å²) < 4.78 is 1.83. The number of hydrogen-bond donors (Lipinski definition) is 1. The number of rotatable bonds is 4. The molecule has 0 radical (unpaired) electrons. The number of nitrogens with zero attached hydrogens (tertiary/aromatic N) is 3. The van der Waals surface area contributed by atoms with E-state index in [1.807, 2.05) is 32.6 Å². The molecule has 1 saturated heterocycles. The number of likely N-dealkylation sites (tertiary alicyclic amines) is 1. The van der Waals surface area contributed by atoms with Crippen molar-refractivity contribution in [3.8, 4) is 0 Å². The molecule has 1 aliphatic heterocycles. The maximum absolute atomic E-state index is 12.1. The molecule has 2 amide bonds. The third-order valence-corrected chi connectivity index (χ3v) is 4.48. The Hall–Kier alpha value is -1.56. The van der Waals surface area contributed by atoms with E-state index >= 15 is 0 Å². The van der Waals surface area contributed by atoms with E-state index in [1.54, 1.807) is 4.90 Å². The van der Waals surface area contributed by atoms with Gasteiger partial charge in [0.05, 0.1) is 11.7 Å². The zero-order valence-electron chi connectivity index (χ0n) is 12.8. The van der Waals surface area contributed by atoms with Crippen LogP contribution in [0.1, 0.15) is 29.4 Å². The van der Waals surface area contributed by atoms with E-state index in [4.69, 9.17) is 11.6 Å². The van der Waals surface area contributed by atoms with Gasteiger partial charge in [0.1, 0.15) is 5.88 Å². The fourth-order valence-electron chi connectivity index (χ4n) is 3.07. The quantitative estimate of drug-likeness (QED) is 0.840. The van der Waals surface area contributed by atoms with E-state index in [2.05, 4.69) is 10.4 Å². The molecule has 1 aliphatic rings. The van der Waals surface area contributed by atoms with E-state index in [0.717, 1.165) is 17.0 Å². The van der Waals surface area contributed by atoms with Crippen LogP contribution >= 0.6 is 11.6 Å². The number of nitrogens with one attached hydrogen (secondary N) is 1. The maximum atomic E-state index is 12.1. The first-order chi connectivity index (χ1) is 9.86. The van der Waals surface area contributed by atoms with Crippen LogP contribution in [-0.4, -0.2) is 46.0 Å². The van der Waals surface area contributed by atoms with E-state index in [0.29, 0.717) is 13.0 Å². The zero-order valence-corrected chi connectivity index (χ0v) is 13.6. The summed E-state index contributed by atoms with van der Waals surface area (Å²) in [6.45, 7) is 4.40. The predicted octanol–water partition coefficient (Wildman–Crippen LogP) is 0.911. The van der Waals surface area contributed by atoms with Crippen molar-refractivity contribution in [1.82, 2.24) is 20.0 Å². The van der Waals surface area contributed by atoms with Crippen molar-refractivity contribution in [1.29, 1.82) is 0 Å². The fourth-order valence-corrected chi connectivity index (χ4v) is 3.17. The van der Waals surface area contributed by atoms with Crippen LogP contribution < -0.4 is 5.32 Å². The SMILES string of the molecule is Cc1nn(C)c(C)c1[C@@H]1[C@@H](CNC(=O)CCl)CC(=O)N1C. The molecule has 6 nitrogen and oxygen atoms in total. The molecule has 2 heterocycles. The predicted molar refractivity (Wildman–Crippen MR) is 80.0 cm³/mol. The van der Waals surface area contributed by atoms with Gasteiger partial charge in [0.25, 0.3) is 0 Å². The number of aromatic nitrogens is 2. The van der Waals surface area contributed by atoms with Gasteiger partial charge in [0, 0.05) is 44.2 Å². The topological polar surface area (TPSA) is 67.2 Å². The van der Waals surface area contributed by atoms with Gasteiger partial charge in [-0.1, -0.05) is 0 Å². The third-order valence-electron chi connectivity index (χ3n) is 4.24. The summed E-state index contributed by atoms with van der Waals surface area (Å²) in [5.41, 5.74) is 3.05. The summed E-state index contributed by atoms with van der Waals surface area (Å²) >= 11 is 5.50. The van der Waals surface area contributed by atoms with Gasteiger partial charge in [-0.3, -0.25) is 14.3 Å². The van der Waals surface area contributed by atoms with Crippen molar-refractivity contribution in [3.63, 3.8) is 0 Å². The van der Waals surface area contributed by atoms with Crippen molar-refractivity contribution in [2.24, 2.45) is 13.0 Å². The van der Waals surface area contributed by atoms with Crippen LogP contribution in [0.5, 0.6) is 0 Å². The van der Waals surface area contributed by atoms with Crippen molar-refractivity contribution in [2.75, 3.05) is 19.5 Å². The molecule has 7 heteroatoms. The summed E-state index contributed by atoms with van der Waals surface area (Å²) in [5, 5.41) is 7.21. The van der Waals surface area contributed by atoms with Gasteiger partial charge in [-0.05, 0) is 13.8 Å². The molecule has 0 aliphatic carbocycles. The second-order valence-corrected chi connectivity index (χ2v) is 5.83. The van der Waals surface area contributed by atoms with Crippen molar-refractivity contribution >= 4 is 23.4 Å². The summed E-state index contributed by atoms with van der Waals surface area (Å²) in [6.07, 6.45) is 0.428. The number of halogens is 1. The minimum atomic E-state index is -0.211. The molecule has 0 bridgehead atoms. The average Bonchev–Trinajstić information content (AvgIpc) is 2.85. The molecule has 2 rings (SSSR count). The summed E-state index contributed by atoms with van der Waals surface area (Å²) in [5.74, 6) is -0.146. The lowest BCUT2D eigenvalue weighted by atomic mass is 9.92. The first kappa shape index (κ1) is 15.8. The monoisotopic (exact) mass is 312 g/mol.